The van der Waals surface area contributed by atoms with E-state index in [0.29, 0.717) is 21.8 Å². The number of sulfonamides is 1. The quantitative estimate of drug-likeness (QED) is 0.489. The summed E-state index contributed by atoms with van der Waals surface area (Å²) in [7, 11) is -3.73. The largest absolute Gasteiger partial charge is 0.321 e. The van der Waals surface area contributed by atoms with Crippen molar-refractivity contribution in [3.05, 3.63) is 82.6 Å². The maximum absolute atomic E-state index is 12.2. The molecule has 0 radical (unpaired) electrons. The molecule has 6 nitrogen and oxygen atoms in total. The Hall–Kier alpha value is -2.97. The Kier molecular flexibility index (Phi) is 5.68. The average Bonchev–Trinajstić information content (AvgIpc) is 3.22. The minimum atomic E-state index is -3.73. The average molecular weight is 399 g/mol. The number of carbonyl (C=O) groups excluding carboxylic acids is 1. The summed E-state index contributed by atoms with van der Waals surface area (Å²) in [5, 5.41) is 8.63. The van der Waals surface area contributed by atoms with Gasteiger partial charge in [0.25, 0.3) is 15.9 Å². The van der Waals surface area contributed by atoms with E-state index in [-0.39, 0.29) is 10.8 Å². The van der Waals surface area contributed by atoms with E-state index >= 15 is 0 Å². The molecule has 0 saturated heterocycles. The summed E-state index contributed by atoms with van der Waals surface area (Å²) in [6, 6.07) is 18.6. The lowest BCUT2D eigenvalue weighted by Gasteiger charge is -2.08. The zero-order valence-electron chi connectivity index (χ0n) is 14.4. The number of amides is 1. The molecule has 0 atom stereocenters. The van der Waals surface area contributed by atoms with Crippen molar-refractivity contribution in [1.29, 1.82) is 0 Å². The van der Waals surface area contributed by atoms with Gasteiger partial charge in [-0.25, -0.2) is 0 Å². The highest BCUT2D eigenvalue weighted by atomic mass is 32.2. The maximum atomic E-state index is 12.2. The highest BCUT2D eigenvalue weighted by Gasteiger charge is 2.12. The Balaban J connectivity index is 1.74. The van der Waals surface area contributed by atoms with E-state index in [2.05, 4.69) is 15.2 Å². The molecule has 3 aromatic rings. The van der Waals surface area contributed by atoms with Crippen LogP contribution in [-0.2, 0) is 10.0 Å². The Morgan fingerprint density at radius 2 is 1.78 bits per heavy atom. The van der Waals surface area contributed by atoms with Crippen LogP contribution in [0.4, 0.5) is 5.69 Å². The minimum absolute atomic E-state index is 0.138. The van der Waals surface area contributed by atoms with Crippen LogP contribution in [0.15, 0.2) is 82.1 Å². The summed E-state index contributed by atoms with van der Waals surface area (Å²) in [6.45, 7) is 1.69. The predicted octanol–water partition coefficient (Wildman–Crippen LogP) is 3.70. The molecule has 138 valence electrons. The van der Waals surface area contributed by atoms with E-state index in [1.54, 1.807) is 55.5 Å². The SMILES string of the molecule is CC(=NNS(=O)(=O)c1ccccc1)c1cccc(NC(=O)c2cccs2)c1. The first-order valence-corrected chi connectivity index (χ1v) is 10.4. The van der Waals surface area contributed by atoms with Crippen molar-refractivity contribution in [3.8, 4) is 0 Å². The van der Waals surface area contributed by atoms with Gasteiger partial charge in [0.1, 0.15) is 0 Å². The van der Waals surface area contributed by atoms with E-state index in [1.165, 1.54) is 23.5 Å². The molecule has 1 amide bonds. The highest BCUT2D eigenvalue weighted by molar-refractivity contribution is 7.89. The maximum Gasteiger partial charge on any atom is 0.276 e. The van der Waals surface area contributed by atoms with E-state index in [1.807, 2.05) is 11.4 Å². The zero-order valence-corrected chi connectivity index (χ0v) is 16.0. The topological polar surface area (TPSA) is 87.6 Å². The fourth-order valence-electron chi connectivity index (χ4n) is 2.27. The van der Waals surface area contributed by atoms with Crippen LogP contribution in [0, 0.1) is 0 Å². The number of nitrogens with zero attached hydrogens (tertiary/aromatic N) is 1. The molecular formula is C19H17N3O3S2. The number of rotatable bonds is 6. The predicted molar refractivity (Wildman–Crippen MR) is 108 cm³/mol. The molecular weight excluding hydrogens is 382 g/mol. The van der Waals surface area contributed by atoms with Gasteiger partial charge in [0.05, 0.1) is 15.5 Å². The molecule has 0 bridgehead atoms. The highest BCUT2D eigenvalue weighted by Crippen LogP contribution is 2.15. The van der Waals surface area contributed by atoms with Crippen molar-refractivity contribution in [2.45, 2.75) is 11.8 Å². The molecule has 0 spiro atoms. The third-order valence-electron chi connectivity index (χ3n) is 3.67. The molecule has 0 aliphatic heterocycles. The molecule has 3 rings (SSSR count). The number of thiophene rings is 1. The second kappa shape index (κ2) is 8.15. The molecule has 2 aromatic carbocycles. The first kappa shape index (κ1) is 18.8. The first-order valence-electron chi connectivity index (χ1n) is 8.02. The van der Waals surface area contributed by atoms with Crippen LogP contribution in [-0.4, -0.2) is 20.0 Å². The lowest BCUT2D eigenvalue weighted by atomic mass is 10.1. The van der Waals surface area contributed by atoms with Crippen molar-refractivity contribution in [3.63, 3.8) is 0 Å². The van der Waals surface area contributed by atoms with Crippen LogP contribution in [0.25, 0.3) is 0 Å². The van der Waals surface area contributed by atoms with Gasteiger partial charge in [-0.05, 0) is 48.2 Å². The summed E-state index contributed by atoms with van der Waals surface area (Å²) in [5.74, 6) is -0.193. The lowest BCUT2D eigenvalue weighted by Crippen LogP contribution is -2.20. The van der Waals surface area contributed by atoms with Crippen molar-refractivity contribution >= 4 is 38.7 Å². The molecule has 0 aliphatic carbocycles. The van der Waals surface area contributed by atoms with Gasteiger partial charge in [-0.3, -0.25) is 4.79 Å². The van der Waals surface area contributed by atoms with Gasteiger partial charge >= 0.3 is 0 Å². The second-order valence-electron chi connectivity index (χ2n) is 5.62. The van der Waals surface area contributed by atoms with Gasteiger partial charge < -0.3 is 5.32 Å². The number of anilines is 1. The van der Waals surface area contributed by atoms with E-state index in [0.717, 1.165) is 0 Å². The second-order valence-corrected chi connectivity index (χ2v) is 8.23. The number of hydrazone groups is 1. The van der Waals surface area contributed by atoms with E-state index in [9.17, 15) is 13.2 Å². The monoisotopic (exact) mass is 399 g/mol. The Morgan fingerprint density at radius 1 is 1.00 bits per heavy atom. The van der Waals surface area contributed by atoms with Crippen molar-refractivity contribution in [2.24, 2.45) is 5.10 Å². The summed E-state index contributed by atoms with van der Waals surface area (Å²) in [5.41, 5.74) is 1.77. The summed E-state index contributed by atoms with van der Waals surface area (Å²) in [6.07, 6.45) is 0. The lowest BCUT2D eigenvalue weighted by molar-refractivity contribution is 0.103. The van der Waals surface area contributed by atoms with Crippen molar-refractivity contribution in [2.75, 3.05) is 5.32 Å². The minimum Gasteiger partial charge on any atom is -0.321 e. The standard InChI is InChI=1S/C19H17N3O3S2/c1-14(21-22-27(24,25)17-9-3-2-4-10-17)15-7-5-8-16(13-15)20-19(23)18-11-6-12-26-18/h2-13,22H,1H3,(H,20,23). The van der Waals surface area contributed by atoms with Crippen LogP contribution >= 0.6 is 11.3 Å². The van der Waals surface area contributed by atoms with Crippen LogP contribution in [0.1, 0.15) is 22.2 Å². The molecule has 0 saturated carbocycles. The summed E-state index contributed by atoms with van der Waals surface area (Å²) < 4.78 is 24.5. The van der Waals surface area contributed by atoms with E-state index in [4.69, 9.17) is 0 Å². The Labute approximate surface area is 161 Å². The smallest absolute Gasteiger partial charge is 0.276 e. The molecule has 8 heteroatoms. The van der Waals surface area contributed by atoms with Crippen LogP contribution in [0.3, 0.4) is 0 Å². The first-order chi connectivity index (χ1) is 13.0. The van der Waals surface area contributed by atoms with Gasteiger partial charge in [0.15, 0.2) is 0 Å². The third-order valence-corrected chi connectivity index (χ3v) is 5.76. The molecule has 1 heterocycles. The van der Waals surface area contributed by atoms with E-state index < -0.39 is 10.0 Å². The van der Waals surface area contributed by atoms with Gasteiger partial charge in [-0.15, -0.1) is 11.3 Å². The van der Waals surface area contributed by atoms with Crippen molar-refractivity contribution in [1.82, 2.24) is 4.83 Å². The number of benzene rings is 2. The molecule has 27 heavy (non-hydrogen) atoms. The molecule has 0 unspecified atom stereocenters. The van der Waals surface area contributed by atoms with Crippen LogP contribution < -0.4 is 10.1 Å². The molecule has 0 aliphatic rings. The Bertz CT molecular complexity index is 1060. The normalized spacial score (nSPS) is 11.8. The molecule has 2 N–H and O–H groups in total. The van der Waals surface area contributed by atoms with Crippen LogP contribution in [0.2, 0.25) is 0 Å². The van der Waals surface area contributed by atoms with Gasteiger partial charge in [0.2, 0.25) is 0 Å². The number of hydrogen-bond acceptors (Lipinski definition) is 5. The van der Waals surface area contributed by atoms with Crippen molar-refractivity contribution < 1.29 is 13.2 Å². The van der Waals surface area contributed by atoms with Gasteiger partial charge in [0, 0.05) is 5.69 Å². The fourth-order valence-corrected chi connectivity index (χ4v) is 3.76. The van der Waals surface area contributed by atoms with Crippen LogP contribution in [0.5, 0.6) is 0 Å². The number of hydrogen-bond donors (Lipinski definition) is 2. The fraction of sp³-hybridized carbons (Fsp3) is 0.0526. The van der Waals surface area contributed by atoms with Gasteiger partial charge in [-0.2, -0.15) is 18.4 Å². The molecule has 0 fully saturated rings. The number of carbonyl (C=O) groups is 1. The Morgan fingerprint density at radius 3 is 2.48 bits per heavy atom. The van der Waals surface area contributed by atoms with Gasteiger partial charge in [-0.1, -0.05) is 36.4 Å². The summed E-state index contributed by atoms with van der Waals surface area (Å²) in [4.78, 5) is 15.1. The summed E-state index contributed by atoms with van der Waals surface area (Å²) >= 11 is 1.36. The molecule has 1 aromatic heterocycles. The number of nitrogens with one attached hydrogen (secondary N) is 2. The zero-order chi connectivity index (χ0) is 19.3. The third kappa shape index (κ3) is 4.81.